The van der Waals surface area contributed by atoms with E-state index in [1.54, 1.807) is 0 Å². The highest BCUT2D eigenvalue weighted by Gasteiger charge is 2.32. The highest BCUT2D eigenvalue weighted by Crippen LogP contribution is 2.21. The van der Waals surface area contributed by atoms with Crippen LogP contribution >= 0.6 is 0 Å². The number of rotatable bonds is 2. The molecule has 1 fully saturated rings. The number of hydrogen-bond donors (Lipinski definition) is 2. The van der Waals surface area contributed by atoms with Crippen molar-refractivity contribution in [3.63, 3.8) is 0 Å². The zero-order valence-corrected chi connectivity index (χ0v) is 7.71. The molecule has 2 atom stereocenters. The van der Waals surface area contributed by atoms with Gasteiger partial charge in [-0.15, -0.1) is 0 Å². The Bertz CT molecular complexity index is 168. The number of aliphatic carboxylic acids is 1. The summed E-state index contributed by atoms with van der Waals surface area (Å²) in [6.07, 6.45) is 1.81. The summed E-state index contributed by atoms with van der Waals surface area (Å²) in [6.45, 7) is 5.10. The van der Waals surface area contributed by atoms with Crippen molar-refractivity contribution in [2.75, 3.05) is 6.54 Å². The van der Waals surface area contributed by atoms with Crippen LogP contribution in [-0.4, -0.2) is 23.7 Å². The Morgan fingerprint density at radius 1 is 1.58 bits per heavy atom. The summed E-state index contributed by atoms with van der Waals surface area (Å²) in [5, 5.41) is 12.2. The molecule has 2 N–H and O–H groups in total. The molecule has 0 aliphatic carbocycles. The molecule has 1 heterocycles. The smallest absolute Gasteiger partial charge is 0.308 e. The molecular weight excluding hydrogens is 154 g/mol. The summed E-state index contributed by atoms with van der Waals surface area (Å²) in [7, 11) is 0. The average Bonchev–Trinajstić information content (AvgIpc) is 2.04. The lowest BCUT2D eigenvalue weighted by Gasteiger charge is -2.32. The maximum Gasteiger partial charge on any atom is 0.308 e. The van der Waals surface area contributed by atoms with Crippen LogP contribution in [-0.2, 0) is 4.79 Å². The third-order valence-electron chi connectivity index (χ3n) is 2.54. The first kappa shape index (κ1) is 9.52. The van der Waals surface area contributed by atoms with Crippen molar-refractivity contribution in [2.45, 2.75) is 32.7 Å². The zero-order chi connectivity index (χ0) is 9.14. The van der Waals surface area contributed by atoms with Crippen molar-refractivity contribution in [1.82, 2.24) is 5.32 Å². The van der Waals surface area contributed by atoms with Crippen molar-refractivity contribution < 1.29 is 9.90 Å². The maximum atomic E-state index is 10.8. The van der Waals surface area contributed by atoms with Gasteiger partial charge in [0.05, 0.1) is 5.92 Å². The lowest BCUT2D eigenvalue weighted by molar-refractivity contribution is -0.144. The molecule has 3 heteroatoms. The van der Waals surface area contributed by atoms with E-state index in [0.717, 1.165) is 19.4 Å². The molecule has 1 rings (SSSR count). The van der Waals surface area contributed by atoms with Gasteiger partial charge in [-0.05, 0) is 25.3 Å². The summed E-state index contributed by atoms with van der Waals surface area (Å²) in [6, 6.07) is 0.163. The third-order valence-corrected chi connectivity index (χ3v) is 2.54. The third kappa shape index (κ3) is 1.97. The fraction of sp³-hybridized carbons (Fsp3) is 0.889. The molecule has 0 aromatic rings. The van der Waals surface area contributed by atoms with Crippen molar-refractivity contribution in [1.29, 1.82) is 0 Å². The van der Waals surface area contributed by atoms with Crippen molar-refractivity contribution in [2.24, 2.45) is 11.8 Å². The highest BCUT2D eigenvalue weighted by molar-refractivity contribution is 5.71. The minimum Gasteiger partial charge on any atom is -0.481 e. The Hall–Kier alpha value is -0.570. The van der Waals surface area contributed by atoms with Crippen molar-refractivity contribution >= 4 is 5.97 Å². The van der Waals surface area contributed by atoms with Gasteiger partial charge >= 0.3 is 5.97 Å². The summed E-state index contributed by atoms with van der Waals surface area (Å²) in [5.41, 5.74) is 0. The van der Waals surface area contributed by atoms with Crippen LogP contribution in [0.5, 0.6) is 0 Å². The summed E-state index contributed by atoms with van der Waals surface area (Å²) < 4.78 is 0. The van der Waals surface area contributed by atoms with Crippen LogP contribution in [0.1, 0.15) is 26.7 Å². The van der Waals surface area contributed by atoms with Gasteiger partial charge < -0.3 is 10.4 Å². The minimum absolute atomic E-state index is 0.163. The molecule has 0 amide bonds. The minimum atomic E-state index is -0.652. The second-order valence-corrected chi connectivity index (χ2v) is 3.81. The molecule has 3 nitrogen and oxygen atoms in total. The van der Waals surface area contributed by atoms with E-state index >= 15 is 0 Å². The fourth-order valence-corrected chi connectivity index (χ4v) is 1.89. The van der Waals surface area contributed by atoms with Crippen molar-refractivity contribution in [3.05, 3.63) is 0 Å². The van der Waals surface area contributed by atoms with E-state index in [0.29, 0.717) is 5.92 Å². The molecular formula is C9H17NO2. The molecule has 0 spiro atoms. The largest absolute Gasteiger partial charge is 0.481 e. The van der Waals surface area contributed by atoms with E-state index < -0.39 is 5.97 Å². The summed E-state index contributed by atoms with van der Waals surface area (Å²) in [5.74, 6) is -0.425. The van der Waals surface area contributed by atoms with Gasteiger partial charge in [-0.25, -0.2) is 0 Å². The first-order valence-electron chi connectivity index (χ1n) is 4.59. The Labute approximate surface area is 73.2 Å². The molecule has 70 valence electrons. The molecule has 0 unspecified atom stereocenters. The topological polar surface area (TPSA) is 49.3 Å². The number of carbonyl (C=O) groups is 1. The number of hydrogen-bond acceptors (Lipinski definition) is 2. The van der Waals surface area contributed by atoms with E-state index in [1.165, 1.54) is 0 Å². The molecule has 1 aliphatic rings. The maximum absolute atomic E-state index is 10.8. The summed E-state index contributed by atoms with van der Waals surface area (Å²) >= 11 is 0. The second kappa shape index (κ2) is 3.90. The van der Waals surface area contributed by atoms with Crippen LogP contribution in [0.4, 0.5) is 0 Å². The van der Waals surface area contributed by atoms with Gasteiger partial charge in [0.1, 0.15) is 0 Å². The van der Waals surface area contributed by atoms with E-state index in [1.807, 2.05) is 0 Å². The molecule has 12 heavy (non-hydrogen) atoms. The number of piperidine rings is 1. The van der Waals surface area contributed by atoms with Gasteiger partial charge in [-0.3, -0.25) is 4.79 Å². The molecule has 0 aromatic heterocycles. The Morgan fingerprint density at radius 2 is 2.25 bits per heavy atom. The number of nitrogens with one attached hydrogen (secondary N) is 1. The number of carboxylic acid groups (broad SMARTS) is 1. The van der Waals surface area contributed by atoms with Gasteiger partial charge in [0.15, 0.2) is 0 Å². The monoisotopic (exact) mass is 171 g/mol. The van der Waals surface area contributed by atoms with Gasteiger partial charge in [0.2, 0.25) is 0 Å². The quantitative estimate of drug-likeness (QED) is 0.654. The van der Waals surface area contributed by atoms with Crippen LogP contribution in [0.2, 0.25) is 0 Å². The molecule has 0 saturated carbocycles. The lowest BCUT2D eigenvalue weighted by Crippen LogP contribution is -2.47. The first-order valence-corrected chi connectivity index (χ1v) is 4.59. The van der Waals surface area contributed by atoms with Crippen LogP contribution in [0.3, 0.4) is 0 Å². The molecule has 0 aromatic carbocycles. The normalized spacial score (nSPS) is 30.6. The second-order valence-electron chi connectivity index (χ2n) is 3.81. The predicted octanol–water partition coefficient (Wildman–Crippen LogP) is 1.10. The van der Waals surface area contributed by atoms with Gasteiger partial charge in [0.25, 0.3) is 0 Å². The predicted molar refractivity (Wildman–Crippen MR) is 47.0 cm³/mol. The highest BCUT2D eigenvalue weighted by atomic mass is 16.4. The fourth-order valence-electron chi connectivity index (χ4n) is 1.89. The Balaban J connectivity index is 2.60. The van der Waals surface area contributed by atoms with Crippen LogP contribution in [0.25, 0.3) is 0 Å². The Morgan fingerprint density at radius 3 is 2.67 bits per heavy atom. The molecule has 0 bridgehead atoms. The van der Waals surface area contributed by atoms with E-state index in [9.17, 15) is 4.79 Å². The molecule has 0 radical (unpaired) electrons. The Kier molecular flexibility index (Phi) is 3.09. The van der Waals surface area contributed by atoms with Gasteiger partial charge in [-0.2, -0.15) is 0 Å². The lowest BCUT2D eigenvalue weighted by atomic mass is 9.84. The molecule has 1 saturated heterocycles. The van der Waals surface area contributed by atoms with Gasteiger partial charge in [0, 0.05) is 6.04 Å². The zero-order valence-electron chi connectivity index (χ0n) is 7.71. The molecule has 1 aliphatic heterocycles. The van der Waals surface area contributed by atoms with Crippen LogP contribution < -0.4 is 5.32 Å². The SMILES string of the molecule is CC(C)[C@@H]1NCCC[C@H]1C(=O)O. The standard InChI is InChI=1S/C9H17NO2/c1-6(2)8-7(9(11)12)4-3-5-10-8/h6-8,10H,3-5H2,1-2H3,(H,11,12)/t7-,8+/m1/s1. The first-order chi connectivity index (χ1) is 5.63. The summed E-state index contributed by atoms with van der Waals surface area (Å²) in [4.78, 5) is 10.8. The average molecular weight is 171 g/mol. The van der Waals surface area contributed by atoms with Crippen molar-refractivity contribution in [3.8, 4) is 0 Å². The van der Waals surface area contributed by atoms with Gasteiger partial charge in [-0.1, -0.05) is 13.8 Å². The van der Waals surface area contributed by atoms with E-state index in [2.05, 4.69) is 19.2 Å². The van der Waals surface area contributed by atoms with Crippen LogP contribution in [0, 0.1) is 11.8 Å². The van der Waals surface area contributed by atoms with Crippen LogP contribution in [0.15, 0.2) is 0 Å². The van der Waals surface area contributed by atoms with E-state index in [4.69, 9.17) is 5.11 Å². The van der Waals surface area contributed by atoms with E-state index in [-0.39, 0.29) is 12.0 Å². The number of carboxylic acids is 1.